The lowest BCUT2D eigenvalue weighted by Crippen LogP contribution is -2.16. The van der Waals surface area contributed by atoms with Crippen LogP contribution in [0, 0.1) is 0 Å². The molecule has 0 atom stereocenters. The molecule has 0 aliphatic rings. The molecule has 11 rings (SSSR count). The highest BCUT2D eigenvalue weighted by molar-refractivity contribution is 6.16. The van der Waals surface area contributed by atoms with E-state index in [0.717, 1.165) is 22.7 Å². The minimum atomic E-state index is -0.0886. The zero-order valence-electron chi connectivity index (χ0n) is 43.3. The van der Waals surface area contributed by atoms with Gasteiger partial charge in [0.2, 0.25) is 0 Å². The molecule has 0 fully saturated rings. The smallest absolute Gasteiger partial charge is 0.0547 e. The Morgan fingerprint density at radius 2 is 0.847 bits per heavy atom. The third-order valence-electron chi connectivity index (χ3n) is 14.7. The van der Waals surface area contributed by atoms with E-state index in [-0.39, 0.29) is 16.2 Å². The van der Waals surface area contributed by atoms with Crippen molar-refractivity contribution in [1.29, 1.82) is 0 Å². The van der Waals surface area contributed by atoms with Crippen LogP contribution in [0.25, 0.3) is 82.8 Å². The zero-order chi connectivity index (χ0) is 49.9. The van der Waals surface area contributed by atoms with Gasteiger partial charge in [-0.3, -0.25) is 0 Å². The van der Waals surface area contributed by atoms with Gasteiger partial charge in [-0.15, -0.1) is 0 Å². The highest BCUT2D eigenvalue weighted by atomic mass is 15.1. The monoisotopic (exact) mass is 933 g/mol. The van der Waals surface area contributed by atoms with Crippen molar-refractivity contribution in [2.75, 3.05) is 4.90 Å². The van der Waals surface area contributed by atoms with E-state index in [0.29, 0.717) is 0 Å². The predicted octanol–water partition coefficient (Wildman–Crippen LogP) is 20.0. The molecule has 0 aliphatic carbocycles. The largest absolute Gasteiger partial charge is 0.309 e. The molecule has 72 heavy (non-hydrogen) atoms. The van der Waals surface area contributed by atoms with Gasteiger partial charge in [0, 0.05) is 33.3 Å². The summed E-state index contributed by atoms with van der Waals surface area (Å²) in [6, 6.07) is 83.6. The summed E-state index contributed by atoms with van der Waals surface area (Å²) in [5.74, 6) is 0. The number of benzene rings is 10. The van der Waals surface area contributed by atoms with Crippen LogP contribution >= 0.6 is 0 Å². The topological polar surface area (TPSA) is 8.17 Å². The van der Waals surface area contributed by atoms with Gasteiger partial charge < -0.3 is 9.47 Å². The van der Waals surface area contributed by atoms with Crippen molar-refractivity contribution in [2.24, 2.45) is 0 Å². The van der Waals surface area contributed by atoms with Crippen molar-refractivity contribution < 1.29 is 0 Å². The number of anilines is 3. The normalized spacial score (nSPS) is 12.2. The third-order valence-corrected chi connectivity index (χ3v) is 14.7. The maximum atomic E-state index is 2.53. The average molecular weight is 933 g/mol. The van der Waals surface area contributed by atoms with E-state index in [4.69, 9.17) is 0 Å². The molecule has 11 aromatic rings. The standard InChI is InChI=1S/C70H64N2/c1-68(2,3)51-39-42-56(47-23-12-10-13-24-47)65(46-51)72(55-40-37-48(38-41-55)57-32-22-36-64-67(57)61-30-17-19-35-63(61)71(64)54-27-14-11-15-28-54)62-34-18-16-29-59(62)60-33-21-26-49-25-20-31-58(66(49)60)50-43-52(69(4,5)6)45-53(44-50)70(7,8)9/h10-46H,1-9H3. The van der Waals surface area contributed by atoms with Gasteiger partial charge in [-0.05, 0) is 126 Å². The summed E-state index contributed by atoms with van der Waals surface area (Å²) in [7, 11) is 0. The summed E-state index contributed by atoms with van der Waals surface area (Å²) in [5.41, 5.74) is 20.3. The fraction of sp³-hybridized carbons (Fsp3) is 0.171. The molecule has 0 aliphatic heterocycles. The molecular weight excluding hydrogens is 869 g/mol. The summed E-state index contributed by atoms with van der Waals surface area (Å²) >= 11 is 0. The van der Waals surface area contributed by atoms with Gasteiger partial charge in [-0.25, -0.2) is 0 Å². The van der Waals surface area contributed by atoms with Crippen LogP contribution in [-0.4, -0.2) is 4.57 Å². The molecule has 354 valence electrons. The van der Waals surface area contributed by atoms with Gasteiger partial charge in [0.1, 0.15) is 0 Å². The molecule has 0 spiro atoms. The molecule has 1 heterocycles. The molecule has 10 aromatic carbocycles. The molecule has 0 saturated heterocycles. The second-order valence-electron chi connectivity index (χ2n) is 22.6. The summed E-state index contributed by atoms with van der Waals surface area (Å²) in [4.78, 5) is 2.53. The lowest BCUT2D eigenvalue weighted by molar-refractivity contribution is 0.569. The maximum absolute atomic E-state index is 2.53. The quantitative estimate of drug-likeness (QED) is 0.147. The van der Waals surface area contributed by atoms with Crippen LogP contribution in [0.15, 0.2) is 224 Å². The van der Waals surface area contributed by atoms with Crippen LogP contribution < -0.4 is 4.90 Å². The first-order valence-corrected chi connectivity index (χ1v) is 25.6. The van der Waals surface area contributed by atoms with Crippen molar-refractivity contribution in [2.45, 2.75) is 78.6 Å². The first kappa shape index (κ1) is 46.4. The van der Waals surface area contributed by atoms with E-state index in [1.54, 1.807) is 0 Å². The minimum Gasteiger partial charge on any atom is -0.309 e. The number of hydrogen-bond acceptors (Lipinski definition) is 1. The average Bonchev–Trinajstić information content (AvgIpc) is 3.73. The van der Waals surface area contributed by atoms with Crippen molar-refractivity contribution >= 4 is 49.6 Å². The summed E-state index contributed by atoms with van der Waals surface area (Å²) in [6.07, 6.45) is 0. The van der Waals surface area contributed by atoms with E-state index in [9.17, 15) is 0 Å². The molecule has 2 nitrogen and oxygen atoms in total. The lowest BCUT2D eigenvalue weighted by atomic mass is 9.78. The SMILES string of the molecule is CC(C)(C)c1cc(-c2cccc3cccc(-c4ccccc4N(c4ccc(-c5cccc6c5c5ccccc5n6-c5ccccc5)cc4)c4cc(C(C)(C)C)ccc4-c4ccccc4)c23)cc(C(C)(C)C)c1. The highest BCUT2D eigenvalue weighted by Crippen LogP contribution is 2.49. The molecule has 0 saturated carbocycles. The molecule has 0 radical (unpaired) electrons. The van der Waals surface area contributed by atoms with Crippen LogP contribution in [0.5, 0.6) is 0 Å². The Bertz CT molecular complexity index is 3740. The highest BCUT2D eigenvalue weighted by Gasteiger charge is 2.27. The zero-order valence-corrected chi connectivity index (χ0v) is 43.3. The van der Waals surface area contributed by atoms with Crippen molar-refractivity contribution in [3.05, 3.63) is 241 Å². The second kappa shape index (κ2) is 18.0. The first-order chi connectivity index (χ1) is 34.6. The molecule has 0 amide bonds. The summed E-state index contributed by atoms with van der Waals surface area (Å²) in [6.45, 7) is 20.9. The van der Waals surface area contributed by atoms with E-state index in [2.05, 4.69) is 296 Å². The maximum Gasteiger partial charge on any atom is 0.0547 e. The van der Waals surface area contributed by atoms with Crippen LogP contribution in [-0.2, 0) is 16.2 Å². The minimum absolute atomic E-state index is 0.0162. The lowest BCUT2D eigenvalue weighted by Gasteiger charge is -2.32. The van der Waals surface area contributed by atoms with Gasteiger partial charge >= 0.3 is 0 Å². The summed E-state index contributed by atoms with van der Waals surface area (Å²) in [5, 5.41) is 4.97. The number of nitrogens with zero attached hydrogens (tertiary/aromatic N) is 2. The Kier molecular flexibility index (Phi) is 11.6. The van der Waals surface area contributed by atoms with Gasteiger partial charge in [0.25, 0.3) is 0 Å². The Labute approximate surface area is 426 Å². The van der Waals surface area contributed by atoms with E-state index in [1.165, 1.54) is 93.8 Å². The number of fused-ring (bicyclic) bond motifs is 4. The first-order valence-electron chi connectivity index (χ1n) is 25.6. The van der Waals surface area contributed by atoms with E-state index in [1.807, 2.05) is 0 Å². The van der Waals surface area contributed by atoms with E-state index < -0.39 is 0 Å². The Morgan fingerprint density at radius 1 is 0.319 bits per heavy atom. The molecule has 0 bridgehead atoms. The van der Waals surface area contributed by atoms with E-state index >= 15 is 0 Å². The molecule has 2 heteroatoms. The fourth-order valence-electron chi connectivity index (χ4n) is 10.7. The van der Waals surface area contributed by atoms with Crippen LogP contribution in [0.1, 0.15) is 79.0 Å². The van der Waals surface area contributed by atoms with Crippen LogP contribution in [0.3, 0.4) is 0 Å². The van der Waals surface area contributed by atoms with Crippen LogP contribution in [0.4, 0.5) is 17.1 Å². The van der Waals surface area contributed by atoms with Crippen molar-refractivity contribution in [3.63, 3.8) is 0 Å². The number of hydrogen-bond donors (Lipinski definition) is 0. The van der Waals surface area contributed by atoms with Gasteiger partial charge in [-0.2, -0.15) is 0 Å². The Morgan fingerprint density at radius 3 is 1.51 bits per heavy atom. The van der Waals surface area contributed by atoms with Gasteiger partial charge in [-0.1, -0.05) is 238 Å². The number of rotatable bonds is 8. The summed E-state index contributed by atoms with van der Waals surface area (Å²) < 4.78 is 2.40. The number of para-hydroxylation sites is 3. The predicted molar refractivity (Wildman–Crippen MR) is 311 cm³/mol. The molecular formula is C70H64N2. The van der Waals surface area contributed by atoms with Crippen molar-refractivity contribution in [1.82, 2.24) is 4.57 Å². The number of aromatic nitrogens is 1. The molecule has 0 unspecified atom stereocenters. The van der Waals surface area contributed by atoms with Gasteiger partial charge in [0.15, 0.2) is 0 Å². The fourth-order valence-corrected chi connectivity index (χ4v) is 10.7. The molecule has 1 aromatic heterocycles. The Hall–Kier alpha value is -7.94. The third kappa shape index (κ3) is 8.49. The van der Waals surface area contributed by atoms with Crippen molar-refractivity contribution in [3.8, 4) is 50.2 Å². The van der Waals surface area contributed by atoms with Crippen LogP contribution in [0.2, 0.25) is 0 Å². The second-order valence-corrected chi connectivity index (χ2v) is 22.6. The Balaban J connectivity index is 1.15. The van der Waals surface area contributed by atoms with Gasteiger partial charge in [0.05, 0.1) is 22.4 Å². The molecule has 0 N–H and O–H groups in total.